The van der Waals surface area contributed by atoms with E-state index in [1.807, 2.05) is 43.3 Å². The SMILES string of the molecule is COc1ccc(CN2CCN(c3cc(Oc4ccc(C)cc4OC)ncn3)CC2)cc1. The Kier molecular flexibility index (Phi) is 6.52. The molecule has 0 bridgehead atoms. The minimum Gasteiger partial charge on any atom is -0.497 e. The highest BCUT2D eigenvalue weighted by Gasteiger charge is 2.19. The van der Waals surface area contributed by atoms with Gasteiger partial charge in [0.15, 0.2) is 11.5 Å². The summed E-state index contributed by atoms with van der Waals surface area (Å²) in [5.41, 5.74) is 2.40. The van der Waals surface area contributed by atoms with Crippen LogP contribution < -0.4 is 19.1 Å². The third-order valence-corrected chi connectivity index (χ3v) is 5.42. The maximum Gasteiger partial charge on any atom is 0.224 e. The van der Waals surface area contributed by atoms with Gasteiger partial charge in [-0.25, -0.2) is 9.97 Å². The zero-order valence-corrected chi connectivity index (χ0v) is 18.2. The lowest BCUT2D eigenvalue weighted by molar-refractivity contribution is 0.249. The highest BCUT2D eigenvalue weighted by atomic mass is 16.5. The molecule has 1 aliphatic rings. The van der Waals surface area contributed by atoms with Crippen molar-refractivity contribution in [2.24, 2.45) is 0 Å². The molecule has 0 spiro atoms. The van der Waals surface area contributed by atoms with Crippen molar-refractivity contribution in [2.45, 2.75) is 13.5 Å². The van der Waals surface area contributed by atoms with Crippen molar-refractivity contribution in [3.63, 3.8) is 0 Å². The molecular formula is C24H28N4O3. The summed E-state index contributed by atoms with van der Waals surface area (Å²) in [6, 6.07) is 16.0. The molecule has 7 nitrogen and oxygen atoms in total. The molecule has 162 valence electrons. The number of ether oxygens (including phenoxy) is 3. The first-order chi connectivity index (χ1) is 15.1. The van der Waals surface area contributed by atoms with Gasteiger partial charge >= 0.3 is 0 Å². The molecule has 1 fully saturated rings. The monoisotopic (exact) mass is 420 g/mol. The molecule has 0 N–H and O–H groups in total. The Labute approximate surface area is 183 Å². The second-order valence-corrected chi connectivity index (χ2v) is 7.58. The van der Waals surface area contributed by atoms with E-state index in [0.29, 0.717) is 17.4 Å². The van der Waals surface area contributed by atoms with E-state index in [4.69, 9.17) is 14.2 Å². The average molecular weight is 421 g/mol. The summed E-state index contributed by atoms with van der Waals surface area (Å²) in [5.74, 6) is 3.60. The summed E-state index contributed by atoms with van der Waals surface area (Å²) in [4.78, 5) is 13.5. The summed E-state index contributed by atoms with van der Waals surface area (Å²) >= 11 is 0. The molecule has 0 amide bonds. The van der Waals surface area contributed by atoms with Gasteiger partial charge in [-0.1, -0.05) is 18.2 Å². The van der Waals surface area contributed by atoms with Crippen LogP contribution in [0.25, 0.3) is 0 Å². The summed E-state index contributed by atoms with van der Waals surface area (Å²) in [5, 5.41) is 0. The molecule has 0 unspecified atom stereocenters. The number of hydrogen-bond donors (Lipinski definition) is 0. The predicted octanol–water partition coefficient (Wildman–Crippen LogP) is 3.92. The molecule has 2 heterocycles. The molecule has 1 aliphatic heterocycles. The van der Waals surface area contributed by atoms with Crippen LogP contribution in [0.2, 0.25) is 0 Å². The minimum atomic E-state index is 0.507. The summed E-state index contributed by atoms with van der Waals surface area (Å²) in [6.07, 6.45) is 1.55. The average Bonchev–Trinajstić information content (AvgIpc) is 2.81. The van der Waals surface area contributed by atoms with Crippen LogP contribution in [0, 0.1) is 6.92 Å². The van der Waals surface area contributed by atoms with Crippen molar-refractivity contribution >= 4 is 5.82 Å². The molecule has 3 aromatic rings. The van der Waals surface area contributed by atoms with E-state index >= 15 is 0 Å². The van der Waals surface area contributed by atoms with Crippen molar-refractivity contribution in [1.29, 1.82) is 0 Å². The number of benzene rings is 2. The van der Waals surface area contributed by atoms with E-state index in [0.717, 1.165) is 49.9 Å². The molecule has 0 saturated carbocycles. The number of piperazine rings is 1. The fourth-order valence-electron chi connectivity index (χ4n) is 3.65. The Bertz CT molecular complexity index is 1000. The van der Waals surface area contributed by atoms with Gasteiger partial charge in [0.2, 0.25) is 5.88 Å². The molecular weight excluding hydrogens is 392 g/mol. The highest BCUT2D eigenvalue weighted by molar-refractivity contribution is 5.47. The van der Waals surface area contributed by atoms with Crippen molar-refractivity contribution in [3.8, 4) is 23.1 Å². The van der Waals surface area contributed by atoms with Crippen molar-refractivity contribution in [2.75, 3.05) is 45.3 Å². The zero-order chi connectivity index (χ0) is 21.6. The van der Waals surface area contributed by atoms with Gasteiger partial charge in [-0.05, 0) is 42.3 Å². The third kappa shape index (κ3) is 5.24. The molecule has 7 heteroatoms. The standard InChI is InChI=1S/C24H28N4O3/c1-18-4-9-21(22(14-18)30-3)31-24-15-23(25-17-26-24)28-12-10-27(11-13-28)16-19-5-7-20(29-2)8-6-19/h4-9,14-15,17H,10-13,16H2,1-3H3. The first-order valence-corrected chi connectivity index (χ1v) is 10.4. The van der Waals surface area contributed by atoms with Crippen LogP contribution in [0.5, 0.6) is 23.1 Å². The smallest absolute Gasteiger partial charge is 0.224 e. The number of nitrogens with zero attached hydrogens (tertiary/aromatic N) is 4. The van der Waals surface area contributed by atoms with Crippen LogP contribution >= 0.6 is 0 Å². The lowest BCUT2D eigenvalue weighted by Crippen LogP contribution is -2.46. The van der Waals surface area contributed by atoms with E-state index in [2.05, 4.69) is 31.9 Å². The predicted molar refractivity (Wildman–Crippen MR) is 120 cm³/mol. The summed E-state index contributed by atoms with van der Waals surface area (Å²) < 4.78 is 16.6. The molecule has 0 aliphatic carbocycles. The Hall–Kier alpha value is -3.32. The van der Waals surface area contributed by atoms with Gasteiger partial charge in [-0.3, -0.25) is 4.90 Å². The van der Waals surface area contributed by atoms with Gasteiger partial charge in [0.25, 0.3) is 0 Å². The topological polar surface area (TPSA) is 60.0 Å². The summed E-state index contributed by atoms with van der Waals surface area (Å²) in [7, 11) is 3.33. The van der Waals surface area contributed by atoms with Crippen molar-refractivity contribution in [3.05, 3.63) is 66.0 Å². The fourth-order valence-corrected chi connectivity index (χ4v) is 3.65. The molecule has 0 atom stereocenters. The second-order valence-electron chi connectivity index (χ2n) is 7.58. The van der Waals surface area contributed by atoms with Crippen molar-refractivity contribution in [1.82, 2.24) is 14.9 Å². The van der Waals surface area contributed by atoms with E-state index < -0.39 is 0 Å². The zero-order valence-electron chi connectivity index (χ0n) is 18.2. The van der Waals surface area contributed by atoms with E-state index in [1.54, 1.807) is 20.5 Å². The fraction of sp³-hybridized carbons (Fsp3) is 0.333. The Balaban J connectivity index is 1.36. The van der Waals surface area contributed by atoms with E-state index in [-0.39, 0.29) is 0 Å². The molecule has 31 heavy (non-hydrogen) atoms. The lowest BCUT2D eigenvalue weighted by Gasteiger charge is -2.35. The maximum atomic E-state index is 5.98. The van der Waals surface area contributed by atoms with Crippen LogP contribution in [0.1, 0.15) is 11.1 Å². The quantitative estimate of drug-likeness (QED) is 0.574. The Morgan fingerprint density at radius 3 is 2.32 bits per heavy atom. The van der Waals surface area contributed by atoms with Crippen LogP contribution in [-0.4, -0.2) is 55.3 Å². The number of methoxy groups -OCH3 is 2. The number of rotatable bonds is 7. The van der Waals surface area contributed by atoms with Gasteiger partial charge in [-0.15, -0.1) is 0 Å². The second kappa shape index (κ2) is 9.66. The normalized spacial score (nSPS) is 14.4. The first kappa shape index (κ1) is 20.9. The number of anilines is 1. The first-order valence-electron chi connectivity index (χ1n) is 10.4. The largest absolute Gasteiger partial charge is 0.497 e. The van der Waals surface area contributed by atoms with E-state index in [1.165, 1.54) is 5.56 Å². The van der Waals surface area contributed by atoms with Gasteiger partial charge in [0, 0.05) is 38.8 Å². The van der Waals surface area contributed by atoms with Gasteiger partial charge in [-0.2, -0.15) is 0 Å². The Morgan fingerprint density at radius 1 is 0.839 bits per heavy atom. The number of aryl methyl sites for hydroxylation is 1. The lowest BCUT2D eigenvalue weighted by atomic mass is 10.2. The van der Waals surface area contributed by atoms with Gasteiger partial charge in [0.05, 0.1) is 14.2 Å². The van der Waals surface area contributed by atoms with Gasteiger partial charge in [0.1, 0.15) is 17.9 Å². The molecule has 2 aromatic carbocycles. The molecule has 1 saturated heterocycles. The molecule has 1 aromatic heterocycles. The van der Waals surface area contributed by atoms with Crippen LogP contribution in [0.3, 0.4) is 0 Å². The molecule has 0 radical (unpaired) electrons. The maximum absolute atomic E-state index is 5.98. The highest BCUT2D eigenvalue weighted by Crippen LogP contribution is 2.32. The van der Waals surface area contributed by atoms with Crippen molar-refractivity contribution < 1.29 is 14.2 Å². The Morgan fingerprint density at radius 2 is 1.61 bits per heavy atom. The number of hydrogen-bond acceptors (Lipinski definition) is 7. The minimum absolute atomic E-state index is 0.507. The van der Waals surface area contributed by atoms with E-state index in [9.17, 15) is 0 Å². The summed E-state index contributed by atoms with van der Waals surface area (Å²) in [6.45, 7) is 6.70. The number of aromatic nitrogens is 2. The third-order valence-electron chi connectivity index (χ3n) is 5.42. The van der Waals surface area contributed by atoms with Crippen LogP contribution in [0.4, 0.5) is 5.82 Å². The molecule has 4 rings (SSSR count). The van der Waals surface area contributed by atoms with Crippen LogP contribution in [-0.2, 0) is 6.54 Å². The van der Waals surface area contributed by atoms with Gasteiger partial charge < -0.3 is 19.1 Å². The van der Waals surface area contributed by atoms with Crippen LogP contribution in [0.15, 0.2) is 54.9 Å².